The fourth-order valence-corrected chi connectivity index (χ4v) is 1.71. The van der Waals surface area contributed by atoms with Gasteiger partial charge in [0.1, 0.15) is 0 Å². The van der Waals surface area contributed by atoms with Crippen LogP contribution in [0.3, 0.4) is 0 Å². The quantitative estimate of drug-likeness (QED) is 0.818. The normalized spacial score (nSPS) is 11.8. The van der Waals surface area contributed by atoms with E-state index in [0.717, 1.165) is 31.1 Å². The molecule has 1 N–H and O–H groups in total. The zero-order valence-corrected chi connectivity index (χ0v) is 13.7. The third-order valence-electron chi connectivity index (χ3n) is 3.00. The Balaban J connectivity index is 2.65. The van der Waals surface area contributed by atoms with Crippen molar-refractivity contribution in [3.63, 3.8) is 0 Å². The summed E-state index contributed by atoms with van der Waals surface area (Å²) in [5, 5.41) is 3.47. The molecule has 0 aromatic heterocycles. The maximum atomic E-state index is 5.79. The Bertz CT molecular complexity index is 408. The van der Waals surface area contributed by atoms with Crippen LogP contribution in [0.15, 0.2) is 18.2 Å². The first kappa shape index (κ1) is 16.8. The van der Waals surface area contributed by atoms with Crippen molar-refractivity contribution in [2.24, 2.45) is 5.92 Å². The molecule has 3 heteroatoms. The molecule has 20 heavy (non-hydrogen) atoms. The van der Waals surface area contributed by atoms with E-state index in [1.165, 1.54) is 5.56 Å². The van der Waals surface area contributed by atoms with Crippen LogP contribution < -0.4 is 14.8 Å². The highest BCUT2D eigenvalue weighted by atomic mass is 16.5. The maximum absolute atomic E-state index is 5.79. The maximum Gasteiger partial charge on any atom is 0.161 e. The van der Waals surface area contributed by atoms with E-state index in [4.69, 9.17) is 9.47 Å². The van der Waals surface area contributed by atoms with Crippen LogP contribution in [-0.4, -0.2) is 19.3 Å². The molecule has 0 spiro atoms. The van der Waals surface area contributed by atoms with Crippen LogP contribution in [0.5, 0.6) is 11.5 Å². The Morgan fingerprint density at radius 2 is 1.85 bits per heavy atom. The second-order valence-electron chi connectivity index (χ2n) is 6.62. The second-order valence-corrected chi connectivity index (χ2v) is 6.62. The summed E-state index contributed by atoms with van der Waals surface area (Å²) in [6.07, 6.45) is 1.05. The van der Waals surface area contributed by atoms with Gasteiger partial charge in [0.25, 0.3) is 0 Å². The van der Waals surface area contributed by atoms with Gasteiger partial charge < -0.3 is 14.8 Å². The van der Waals surface area contributed by atoms with Crippen molar-refractivity contribution in [1.29, 1.82) is 0 Å². The van der Waals surface area contributed by atoms with Crippen LogP contribution >= 0.6 is 0 Å². The third kappa shape index (κ3) is 6.29. The first-order valence-electron chi connectivity index (χ1n) is 7.36. The van der Waals surface area contributed by atoms with Gasteiger partial charge in [-0.05, 0) is 50.8 Å². The number of methoxy groups -OCH3 is 1. The standard InChI is InChI=1S/C17H29NO2/c1-13(2)9-10-20-15-8-7-14(11-16(15)19-6)12-18-17(3,4)5/h7-8,11,13,18H,9-10,12H2,1-6H3. The van der Waals surface area contributed by atoms with Crippen molar-refractivity contribution < 1.29 is 9.47 Å². The van der Waals surface area contributed by atoms with Crippen molar-refractivity contribution in [3.8, 4) is 11.5 Å². The smallest absolute Gasteiger partial charge is 0.161 e. The zero-order chi connectivity index (χ0) is 15.2. The van der Waals surface area contributed by atoms with E-state index in [0.29, 0.717) is 5.92 Å². The lowest BCUT2D eigenvalue weighted by Crippen LogP contribution is -2.35. The highest BCUT2D eigenvalue weighted by Gasteiger charge is 2.10. The molecule has 0 amide bonds. The molecule has 1 aromatic rings. The zero-order valence-electron chi connectivity index (χ0n) is 13.7. The van der Waals surface area contributed by atoms with Crippen LogP contribution in [-0.2, 0) is 6.54 Å². The largest absolute Gasteiger partial charge is 0.493 e. The van der Waals surface area contributed by atoms with Crippen LogP contribution in [0.25, 0.3) is 0 Å². The van der Waals surface area contributed by atoms with Crippen LogP contribution in [0.1, 0.15) is 46.6 Å². The molecular formula is C17H29NO2. The highest BCUT2D eigenvalue weighted by Crippen LogP contribution is 2.28. The summed E-state index contributed by atoms with van der Waals surface area (Å²) >= 11 is 0. The van der Waals surface area contributed by atoms with Gasteiger partial charge in [-0.15, -0.1) is 0 Å². The summed E-state index contributed by atoms with van der Waals surface area (Å²) in [4.78, 5) is 0. The van der Waals surface area contributed by atoms with Crippen LogP contribution in [0.4, 0.5) is 0 Å². The molecule has 0 fully saturated rings. The molecule has 0 atom stereocenters. The Labute approximate surface area is 123 Å². The fourth-order valence-electron chi connectivity index (χ4n) is 1.71. The molecule has 0 saturated heterocycles. The van der Waals surface area contributed by atoms with E-state index >= 15 is 0 Å². The number of hydrogen-bond donors (Lipinski definition) is 1. The lowest BCUT2D eigenvalue weighted by atomic mass is 10.1. The van der Waals surface area contributed by atoms with Crippen molar-refractivity contribution in [2.45, 2.75) is 53.1 Å². The average Bonchev–Trinajstić information content (AvgIpc) is 2.36. The number of benzene rings is 1. The first-order chi connectivity index (χ1) is 9.31. The summed E-state index contributed by atoms with van der Waals surface area (Å²) in [6, 6.07) is 6.13. The molecule has 0 aliphatic heterocycles. The van der Waals surface area contributed by atoms with Crippen molar-refractivity contribution in [3.05, 3.63) is 23.8 Å². The molecule has 0 unspecified atom stereocenters. The minimum atomic E-state index is 0.111. The molecule has 0 bridgehead atoms. The van der Waals surface area contributed by atoms with E-state index in [2.05, 4.69) is 46.0 Å². The van der Waals surface area contributed by atoms with Gasteiger partial charge in [-0.1, -0.05) is 19.9 Å². The van der Waals surface area contributed by atoms with Gasteiger partial charge in [0, 0.05) is 12.1 Å². The summed E-state index contributed by atoms with van der Waals surface area (Å²) in [7, 11) is 1.69. The SMILES string of the molecule is COc1cc(CNC(C)(C)C)ccc1OCCC(C)C. The Morgan fingerprint density at radius 3 is 2.40 bits per heavy atom. The van der Waals surface area contributed by atoms with Gasteiger partial charge in [0.2, 0.25) is 0 Å². The first-order valence-corrected chi connectivity index (χ1v) is 7.36. The lowest BCUT2D eigenvalue weighted by Gasteiger charge is -2.21. The van der Waals surface area contributed by atoms with E-state index in [9.17, 15) is 0 Å². The number of ether oxygens (including phenoxy) is 2. The van der Waals surface area contributed by atoms with E-state index < -0.39 is 0 Å². The van der Waals surface area contributed by atoms with Crippen molar-refractivity contribution >= 4 is 0 Å². The second kappa shape index (κ2) is 7.53. The number of nitrogens with one attached hydrogen (secondary N) is 1. The Hall–Kier alpha value is -1.22. The molecule has 0 radical (unpaired) electrons. The minimum absolute atomic E-state index is 0.111. The summed E-state index contributed by atoms with van der Waals surface area (Å²) in [5.74, 6) is 2.28. The molecule has 114 valence electrons. The van der Waals surface area contributed by atoms with Gasteiger partial charge in [-0.3, -0.25) is 0 Å². The average molecular weight is 279 g/mol. The summed E-state index contributed by atoms with van der Waals surface area (Å²) in [5.41, 5.74) is 1.31. The topological polar surface area (TPSA) is 30.5 Å². The lowest BCUT2D eigenvalue weighted by molar-refractivity contribution is 0.272. The van der Waals surface area contributed by atoms with Crippen molar-refractivity contribution in [2.75, 3.05) is 13.7 Å². The number of hydrogen-bond acceptors (Lipinski definition) is 3. The molecule has 0 saturated carbocycles. The highest BCUT2D eigenvalue weighted by molar-refractivity contribution is 5.43. The number of rotatable bonds is 7. The minimum Gasteiger partial charge on any atom is -0.493 e. The van der Waals surface area contributed by atoms with E-state index in [1.807, 2.05) is 12.1 Å². The van der Waals surface area contributed by atoms with Gasteiger partial charge in [0.05, 0.1) is 13.7 Å². The molecule has 0 aliphatic carbocycles. The van der Waals surface area contributed by atoms with Gasteiger partial charge >= 0.3 is 0 Å². The Kier molecular flexibility index (Phi) is 6.34. The third-order valence-corrected chi connectivity index (χ3v) is 3.00. The predicted octanol–water partition coefficient (Wildman–Crippen LogP) is 4.01. The monoisotopic (exact) mass is 279 g/mol. The molecule has 0 heterocycles. The fraction of sp³-hybridized carbons (Fsp3) is 0.647. The van der Waals surface area contributed by atoms with Gasteiger partial charge in [0.15, 0.2) is 11.5 Å². The van der Waals surface area contributed by atoms with Gasteiger partial charge in [-0.2, -0.15) is 0 Å². The van der Waals surface area contributed by atoms with E-state index in [-0.39, 0.29) is 5.54 Å². The predicted molar refractivity (Wildman–Crippen MR) is 84.5 cm³/mol. The van der Waals surface area contributed by atoms with Gasteiger partial charge in [-0.25, -0.2) is 0 Å². The van der Waals surface area contributed by atoms with Crippen LogP contribution in [0, 0.1) is 5.92 Å². The molecule has 1 aromatic carbocycles. The molecular weight excluding hydrogens is 250 g/mol. The Morgan fingerprint density at radius 1 is 1.15 bits per heavy atom. The molecule has 3 nitrogen and oxygen atoms in total. The summed E-state index contributed by atoms with van der Waals surface area (Å²) in [6.45, 7) is 12.4. The van der Waals surface area contributed by atoms with Crippen LogP contribution in [0.2, 0.25) is 0 Å². The van der Waals surface area contributed by atoms with E-state index in [1.54, 1.807) is 7.11 Å². The summed E-state index contributed by atoms with van der Waals surface area (Å²) < 4.78 is 11.2. The van der Waals surface area contributed by atoms with Crippen molar-refractivity contribution in [1.82, 2.24) is 5.32 Å². The molecule has 1 rings (SSSR count). The molecule has 0 aliphatic rings.